The molecule has 0 aliphatic carbocycles. The molecule has 1 atom stereocenters. The molecule has 4 aromatic rings. The summed E-state index contributed by atoms with van der Waals surface area (Å²) in [6.07, 6.45) is 3.06. The van der Waals surface area contributed by atoms with Crippen LogP contribution in [-0.4, -0.2) is 28.4 Å². The average molecular weight is 412 g/mol. The number of aliphatic carboxylic acids is 1. The second-order valence-electron chi connectivity index (χ2n) is 8.95. The summed E-state index contributed by atoms with van der Waals surface area (Å²) < 4.78 is 0. The summed E-state index contributed by atoms with van der Waals surface area (Å²) >= 11 is 0. The number of amidine groups is 1. The van der Waals surface area contributed by atoms with Gasteiger partial charge in [-0.15, -0.1) is 0 Å². The summed E-state index contributed by atoms with van der Waals surface area (Å²) in [5, 5.41) is 19.0. The number of carboxylic acids is 1. The van der Waals surface area contributed by atoms with Crippen LogP contribution in [-0.2, 0) is 17.6 Å². The lowest BCUT2D eigenvalue weighted by atomic mass is 9.84. The number of nitrogens with one attached hydrogen (secondary N) is 3. The number of hydrogen-bond acceptors (Lipinski definition) is 2. The van der Waals surface area contributed by atoms with Gasteiger partial charge in [0.15, 0.2) is 0 Å². The van der Waals surface area contributed by atoms with E-state index in [1.54, 1.807) is 0 Å². The molecule has 0 amide bonds. The van der Waals surface area contributed by atoms with Crippen LogP contribution in [0.25, 0.3) is 21.7 Å². The Bertz CT molecular complexity index is 1330. The number of para-hydroxylation sites is 1. The maximum absolute atomic E-state index is 12.1. The molecule has 5 nitrogen and oxygen atoms in total. The van der Waals surface area contributed by atoms with Crippen molar-refractivity contribution in [2.24, 2.45) is 0 Å². The molecule has 0 fully saturated rings. The predicted molar refractivity (Wildman–Crippen MR) is 121 cm³/mol. The first-order valence-corrected chi connectivity index (χ1v) is 10.6. The number of aromatic amines is 1. The Morgan fingerprint density at radius 3 is 2.61 bits per heavy atom. The summed E-state index contributed by atoms with van der Waals surface area (Å²) in [6.45, 7) is 4.26. The Hall–Kier alpha value is -3.60. The first kappa shape index (κ1) is 19.4. The first-order valence-electron chi connectivity index (χ1n) is 10.6. The Morgan fingerprint density at radius 2 is 1.81 bits per heavy atom. The quantitative estimate of drug-likeness (QED) is 0.475. The molecule has 5 heteroatoms. The summed E-state index contributed by atoms with van der Waals surface area (Å²) in [6, 6.07) is 19.5. The zero-order valence-corrected chi connectivity index (χ0v) is 17.7. The van der Waals surface area contributed by atoms with E-state index in [-0.39, 0.29) is 5.54 Å². The van der Waals surface area contributed by atoms with Crippen molar-refractivity contribution < 1.29 is 14.9 Å². The molecule has 0 saturated carbocycles. The number of benzene rings is 3. The molecule has 0 spiro atoms. The molecule has 0 saturated heterocycles. The normalized spacial score (nSPS) is 17.4. The number of rotatable bonds is 4. The topological polar surface area (TPSA) is 81.9 Å². The van der Waals surface area contributed by atoms with Gasteiger partial charge < -0.3 is 14.9 Å². The van der Waals surface area contributed by atoms with Crippen LogP contribution in [0.3, 0.4) is 0 Å². The van der Waals surface area contributed by atoms with Crippen LogP contribution in [0, 0.1) is 0 Å². The molecule has 3 aromatic carbocycles. The van der Waals surface area contributed by atoms with E-state index in [2.05, 4.69) is 53.4 Å². The van der Waals surface area contributed by atoms with E-state index in [1.807, 2.05) is 42.6 Å². The fraction of sp³-hybridized carbons (Fsp3) is 0.231. The largest absolute Gasteiger partial charge is 0.546 e. The number of H-pyrrole nitrogens is 1. The minimum absolute atomic E-state index is 0.212. The molecule has 1 aromatic heterocycles. The van der Waals surface area contributed by atoms with Crippen LogP contribution in [0.5, 0.6) is 0 Å². The van der Waals surface area contributed by atoms with Gasteiger partial charge in [-0.1, -0.05) is 48.5 Å². The van der Waals surface area contributed by atoms with Crippen molar-refractivity contribution in [1.29, 1.82) is 0 Å². The lowest BCUT2D eigenvalue weighted by Gasteiger charge is -2.30. The smallest absolute Gasteiger partial charge is 0.276 e. The van der Waals surface area contributed by atoms with Gasteiger partial charge in [0.25, 0.3) is 5.84 Å². The number of carboxylic acid groups (broad SMARTS) is 1. The SMILES string of the molecule is CC1(C)Cc2c(ccc3ccccc23)C(=[NH+][C@@H](Cc2c[nH]c3ccccc23)C(=O)[O-])N1. The molecule has 1 aliphatic rings. The molecular weight excluding hydrogens is 386 g/mol. The standard InChI is InChI=1S/C26H25N3O2/c1-26(2)14-21-18-8-4-3-7-16(18)11-12-20(21)24(29-26)28-23(25(30)31)13-17-15-27-22-10-6-5-9-19(17)22/h3-12,15,23,27H,13-14H2,1-2H3,(H,28,29)(H,30,31)/t23-/m0/s1. The molecule has 0 radical (unpaired) electrons. The molecule has 31 heavy (non-hydrogen) atoms. The molecule has 0 unspecified atom stereocenters. The number of carbonyl (C=O) groups excluding carboxylic acids is 1. The van der Waals surface area contributed by atoms with Crippen LogP contribution >= 0.6 is 0 Å². The number of fused-ring (bicyclic) bond motifs is 4. The van der Waals surface area contributed by atoms with Gasteiger partial charge in [-0.3, -0.25) is 10.3 Å². The molecule has 2 heterocycles. The highest BCUT2D eigenvalue weighted by Gasteiger charge is 2.35. The van der Waals surface area contributed by atoms with E-state index < -0.39 is 12.0 Å². The van der Waals surface area contributed by atoms with Crippen molar-refractivity contribution in [3.63, 3.8) is 0 Å². The second-order valence-corrected chi connectivity index (χ2v) is 8.95. The van der Waals surface area contributed by atoms with E-state index in [4.69, 9.17) is 0 Å². The average Bonchev–Trinajstić information content (AvgIpc) is 3.15. The van der Waals surface area contributed by atoms with Crippen LogP contribution in [0.15, 0.2) is 66.9 Å². The van der Waals surface area contributed by atoms with Gasteiger partial charge in [-0.25, -0.2) is 0 Å². The minimum Gasteiger partial charge on any atom is -0.546 e. The van der Waals surface area contributed by atoms with E-state index >= 15 is 0 Å². The monoisotopic (exact) mass is 411 g/mol. The Balaban J connectivity index is 1.59. The van der Waals surface area contributed by atoms with E-state index in [1.165, 1.54) is 16.3 Å². The molecule has 3 N–H and O–H groups in total. The van der Waals surface area contributed by atoms with Crippen molar-refractivity contribution in [3.05, 3.63) is 83.6 Å². The predicted octanol–water partition coefficient (Wildman–Crippen LogP) is 1.43. The van der Waals surface area contributed by atoms with E-state index in [0.717, 1.165) is 34.3 Å². The van der Waals surface area contributed by atoms with Gasteiger partial charge >= 0.3 is 0 Å². The van der Waals surface area contributed by atoms with Gasteiger partial charge in [0.1, 0.15) is 11.6 Å². The number of aromatic nitrogens is 1. The van der Waals surface area contributed by atoms with Crippen molar-refractivity contribution in [1.82, 2.24) is 10.3 Å². The van der Waals surface area contributed by atoms with Crippen LogP contribution < -0.4 is 15.4 Å². The highest BCUT2D eigenvalue weighted by Crippen LogP contribution is 2.29. The zero-order valence-electron chi connectivity index (χ0n) is 17.7. The molecule has 156 valence electrons. The highest BCUT2D eigenvalue weighted by molar-refractivity contribution is 6.03. The molecule has 0 bridgehead atoms. The number of carbonyl (C=O) groups is 1. The van der Waals surface area contributed by atoms with Crippen LogP contribution in [0.1, 0.15) is 30.5 Å². The van der Waals surface area contributed by atoms with Gasteiger partial charge in [0.05, 0.1) is 11.5 Å². The first-order chi connectivity index (χ1) is 14.9. The fourth-order valence-corrected chi connectivity index (χ4v) is 4.65. The third-order valence-electron chi connectivity index (χ3n) is 6.09. The summed E-state index contributed by atoms with van der Waals surface area (Å²) in [5.74, 6) is -0.378. The zero-order chi connectivity index (χ0) is 21.6. The minimum atomic E-state index is -1.12. The van der Waals surface area contributed by atoms with Crippen molar-refractivity contribution in [3.8, 4) is 0 Å². The second kappa shape index (κ2) is 7.27. The summed E-state index contributed by atoms with van der Waals surface area (Å²) in [7, 11) is 0. The lowest BCUT2D eigenvalue weighted by Crippen LogP contribution is -2.87. The van der Waals surface area contributed by atoms with Gasteiger partial charge in [0.2, 0.25) is 0 Å². The Labute approximate surface area is 180 Å². The maximum atomic E-state index is 12.1. The fourth-order valence-electron chi connectivity index (χ4n) is 4.65. The molecule has 1 aliphatic heterocycles. The molecular formula is C26H25N3O2. The van der Waals surface area contributed by atoms with Gasteiger partial charge in [0, 0.05) is 29.9 Å². The van der Waals surface area contributed by atoms with Crippen LogP contribution in [0.2, 0.25) is 0 Å². The van der Waals surface area contributed by atoms with Gasteiger partial charge in [-0.05, 0) is 47.9 Å². The lowest BCUT2D eigenvalue weighted by molar-refractivity contribution is -0.507. The third kappa shape index (κ3) is 3.56. The van der Waals surface area contributed by atoms with Crippen molar-refractivity contribution in [2.45, 2.75) is 38.3 Å². The Morgan fingerprint density at radius 1 is 1.06 bits per heavy atom. The van der Waals surface area contributed by atoms with E-state index in [9.17, 15) is 9.90 Å². The van der Waals surface area contributed by atoms with Gasteiger partial charge in [-0.2, -0.15) is 0 Å². The molecule has 5 rings (SSSR count). The van der Waals surface area contributed by atoms with Crippen LogP contribution in [0.4, 0.5) is 0 Å². The van der Waals surface area contributed by atoms with Crippen molar-refractivity contribution in [2.75, 3.05) is 0 Å². The van der Waals surface area contributed by atoms with Crippen molar-refractivity contribution >= 4 is 33.5 Å². The summed E-state index contributed by atoms with van der Waals surface area (Å²) in [4.78, 5) is 18.6. The highest BCUT2D eigenvalue weighted by atomic mass is 16.4. The maximum Gasteiger partial charge on any atom is 0.276 e. The number of hydrogen-bond donors (Lipinski definition) is 3. The van der Waals surface area contributed by atoms with E-state index in [0.29, 0.717) is 6.42 Å². The third-order valence-corrected chi connectivity index (χ3v) is 6.09. The summed E-state index contributed by atoms with van der Waals surface area (Å²) in [5.41, 5.74) is 3.98. The Kier molecular flexibility index (Phi) is 4.54.